The summed E-state index contributed by atoms with van der Waals surface area (Å²) in [5.41, 5.74) is 0. The number of hydrogen-bond acceptors (Lipinski definition) is 7. The van der Waals surface area contributed by atoms with Crippen molar-refractivity contribution >= 4 is 0 Å². The topological polar surface area (TPSA) is 161 Å². The summed E-state index contributed by atoms with van der Waals surface area (Å²) in [5, 5.41) is 0. The maximum Gasteiger partial charge on any atom is 1.00 e. The molecular weight excluding hydrogens is 261 g/mol. The maximum absolute atomic E-state index is 8.49. The Balaban J connectivity index is -0.0000000383. The predicted molar refractivity (Wildman–Crippen MR) is 0 cm³/mol. The van der Waals surface area contributed by atoms with E-state index in [1.165, 1.54) is 0 Å². The summed E-state index contributed by atoms with van der Waals surface area (Å²) in [6, 6.07) is 0. The number of halogens is 2. The maximum atomic E-state index is 8.49. The van der Waals surface area contributed by atoms with Crippen LogP contribution in [-0.4, -0.2) is 0 Å². The predicted octanol–water partition coefficient (Wildman–Crippen LogP) is -14.3. The Kier molecular flexibility index (Phi) is 29.6. The van der Waals surface area contributed by atoms with Gasteiger partial charge in [0.2, 0.25) is 0 Å². The number of rotatable bonds is 0. The molecule has 0 aromatic carbocycles. The van der Waals surface area contributed by atoms with Crippen LogP contribution in [0.5, 0.6) is 0 Å². The Morgan fingerprint density at radius 3 is 0.727 bits per heavy atom. The van der Waals surface area contributed by atoms with Crippen molar-refractivity contribution in [3.63, 3.8) is 0 Å². The molecule has 0 saturated heterocycles. The Morgan fingerprint density at radius 1 is 0.727 bits per heavy atom. The fourth-order valence-corrected chi connectivity index (χ4v) is 0. The van der Waals surface area contributed by atoms with E-state index in [9.17, 15) is 0 Å². The van der Waals surface area contributed by atoms with Crippen molar-refractivity contribution in [2.24, 2.45) is 0 Å². The largest absolute Gasteiger partial charge is 1.00 e. The Labute approximate surface area is 152 Å². The fourth-order valence-electron chi connectivity index (χ4n) is 0. The summed E-state index contributed by atoms with van der Waals surface area (Å²) in [5.74, 6) is 0. The summed E-state index contributed by atoms with van der Waals surface area (Å²) < 4.78 is 59.2. The van der Waals surface area contributed by atoms with Crippen LogP contribution in [-0.2, 0) is 0 Å². The van der Waals surface area contributed by atoms with Crippen molar-refractivity contribution in [3.05, 3.63) is 0 Å². The van der Waals surface area contributed by atoms with Crippen LogP contribution in [0.3, 0.4) is 0 Å². The third kappa shape index (κ3) is 142. The van der Waals surface area contributed by atoms with Gasteiger partial charge in [-0.1, -0.05) is 0 Å². The van der Waals surface area contributed by atoms with Crippen LogP contribution in [0.15, 0.2) is 0 Å². The molecule has 0 aromatic rings. The second-order valence-electron chi connectivity index (χ2n) is 0.567. The first kappa shape index (κ1) is 24.0. The van der Waals surface area contributed by atoms with Crippen molar-refractivity contribution in [1.29, 1.82) is 0 Å². The average Bonchev–Trinajstić information content (AvgIpc) is 1.19. The molecule has 0 heterocycles. The Hall–Kier alpha value is 3.57. The summed E-state index contributed by atoms with van der Waals surface area (Å²) in [7, 11) is -7.80. The molecule has 0 aliphatic carbocycles. The molecule has 0 aliphatic heterocycles. The van der Waals surface area contributed by atoms with Gasteiger partial charge in [-0.2, -0.15) is 0 Å². The molecule has 0 atom stereocenters. The molecule has 0 fully saturated rings. The Bertz CT molecular complexity index is 51.2. The minimum Gasteiger partial charge on any atom is -0.357 e. The van der Waals surface area contributed by atoms with E-state index in [0.717, 1.165) is 0 Å². The van der Waals surface area contributed by atoms with Gasteiger partial charge < -0.3 is 14.0 Å². The van der Waals surface area contributed by atoms with Crippen LogP contribution in [0.25, 0.3) is 0 Å². The molecule has 0 unspecified atom stereocenters. The normalized spacial score (nSPS) is 8.73. The van der Waals surface area contributed by atoms with Crippen molar-refractivity contribution in [1.82, 2.24) is 0 Å². The van der Waals surface area contributed by atoms with Gasteiger partial charge in [-0.15, -0.1) is 10.2 Å². The van der Waals surface area contributed by atoms with Gasteiger partial charge in [-0.05, 0) is 0 Å². The van der Waals surface area contributed by atoms with Gasteiger partial charge in [-0.3, -0.25) is 0 Å². The summed E-state index contributed by atoms with van der Waals surface area (Å²) in [6.45, 7) is 0. The smallest absolute Gasteiger partial charge is 0.357 e. The summed E-state index contributed by atoms with van der Waals surface area (Å²) in [6.07, 6.45) is 0. The van der Waals surface area contributed by atoms with Crippen LogP contribution in [0, 0.1) is 21.0 Å². The first-order chi connectivity index (χ1) is 3.73. The van der Waals surface area contributed by atoms with Gasteiger partial charge in [0, 0.05) is 0 Å². The molecular formula is Cl2K2O7. The van der Waals surface area contributed by atoms with E-state index in [1.54, 1.807) is 0 Å². The van der Waals surface area contributed by atoms with Gasteiger partial charge in [0.25, 0.3) is 0 Å². The van der Waals surface area contributed by atoms with Gasteiger partial charge >= 0.3 is 103 Å². The van der Waals surface area contributed by atoms with Crippen LogP contribution in [0.2, 0.25) is 0 Å². The molecule has 0 spiro atoms. The van der Waals surface area contributed by atoms with Crippen LogP contribution < -0.4 is 135 Å². The molecule has 0 bridgehead atoms. The van der Waals surface area contributed by atoms with Crippen LogP contribution >= 0.6 is 0 Å². The third-order valence-corrected chi connectivity index (χ3v) is 0. The minimum absolute atomic E-state index is 0. The van der Waals surface area contributed by atoms with Crippen molar-refractivity contribution in [3.8, 4) is 0 Å². The molecule has 0 amide bonds. The standard InChI is InChI=1S/ClHO4.ClO3.2K/c2-1(3,4)5;2-1(3)4;;/h(H,2,3,4,5);;;/q;-1;2*+1/p-1. The van der Waals surface area contributed by atoms with E-state index < -0.39 is 21.0 Å². The van der Waals surface area contributed by atoms with Gasteiger partial charge in [0.05, 0.1) is 10.8 Å². The molecule has 0 radical (unpaired) electrons. The molecule has 0 aliphatic rings. The van der Waals surface area contributed by atoms with E-state index in [-0.39, 0.29) is 103 Å². The second-order valence-corrected chi connectivity index (χ2v) is 1.70. The third-order valence-electron chi connectivity index (χ3n) is 0. The van der Waals surface area contributed by atoms with Gasteiger partial charge in [0.15, 0.2) is 0 Å². The first-order valence-corrected chi connectivity index (χ1v) is 3.24. The molecule has 58 valence electrons. The Morgan fingerprint density at radius 2 is 0.727 bits per heavy atom. The summed E-state index contributed by atoms with van der Waals surface area (Å²) in [4.78, 5) is 0. The van der Waals surface area contributed by atoms with Crippen LogP contribution in [0.4, 0.5) is 0 Å². The molecule has 0 saturated carbocycles. The zero-order valence-corrected chi connectivity index (χ0v) is 13.4. The second kappa shape index (κ2) is 13.6. The monoisotopic (exact) mass is 260 g/mol. The van der Waals surface area contributed by atoms with Crippen molar-refractivity contribution in [2.75, 3.05) is 0 Å². The van der Waals surface area contributed by atoms with E-state index in [4.69, 9.17) is 32.6 Å². The van der Waals surface area contributed by atoms with Gasteiger partial charge in [-0.25, -0.2) is 18.6 Å². The molecule has 0 N–H and O–H groups in total. The van der Waals surface area contributed by atoms with Gasteiger partial charge in [0.1, 0.15) is 0 Å². The van der Waals surface area contributed by atoms with E-state index in [0.29, 0.717) is 0 Å². The first-order valence-electron chi connectivity index (χ1n) is 1.08. The number of hydrogen-bond donors (Lipinski definition) is 0. The van der Waals surface area contributed by atoms with E-state index in [2.05, 4.69) is 0 Å². The van der Waals surface area contributed by atoms with Crippen LogP contribution in [0.1, 0.15) is 0 Å². The van der Waals surface area contributed by atoms with Crippen molar-refractivity contribution in [2.45, 2.75) is 0 Å². The zero-order valence-electron chi connectivity index (χ0n) is 5.61. The molecule has 11 heteroatoms. The fraction of sp³-hybridized carbons (Fsp3) is 0. The SMILES string of the molecule is [K+].[K+].[O-][Cl+2]([O-])[O-].[O-][Cl+3]([O-])([O-])[O-]. The zero-order chi connectivity index (χ0) is 8.08. The molecule has 11 heavy (non-hydrogen) atoms. The summed E-state index contributed by atoms with van der Waals surface area (Å²) >= 11 is 0. The molecule has 7 nitrogen and oxygen atoms in total. The quantitative estimate of drug-likeness (QED) is 0.391. The average molecular weight is 261 g/mol. The molecule has 0 aromatic heterocycles. The van der Waals surface area contributed by atoms with E-state index >= 15 is 0 Å². The van der Waals surface area contributed by atoms with Crippen molar-refractivity contribution < 1.29 is 156 Å². The molecule has 0 rings (SSSR count). The minimum atomic E-state index is -4.94. The van der Waals surface area contributed by atoms with E-state index in [1.807, 2.05) is 0 Å².